The van der Waals surface area contributed by atoms with E-state index in [2.05, 4.69) is 45.3 Å². The molecule has 1 fully saturated rings. The molecule has 0 unspecified atom stereocenters. The highest BCUT2D eigenvalue weighted by Crippen LogP contribution is 2.18. The standard InChI is InChI=1S/C10H15N9O/c11-17-9-14-8(12-5-7-13-6-20-18-7)15-10(16-9)19-3-1-2-4-19/h6H,1-5,11H2,(H2,12,14,15,16,17). The molecule has 1 aliphatic heterocycles. The molecular weight excluding hydrogens is 262 g/mol. The summed E-state index contributed by atoms with van der Waals surface area (Å²) in [4.78, 5) is 18.8. The summed E-state index contributed by atoms with van der Waals surface area (Å²) < 4.78 is 4.66. The Morgan fingerprint density at radius 1 is 1.20 bits per heavy atom. The third-order valence-corrected chi connectivity index (χ3v) is 2.95. The van der Waals surface area contributed by atoms with E-state index in [1.165, 1.54) is 6.39 Å². The van der Waals surface area contributed by atoms with Gasteiger partial charge in [0.25, 0.3) is 0 Å². The Morgan fingerprint density at radius 2 is 2.00 bits per heavy atom. The Hall–Kier alpha value is -2.49. The van der Waals surface area contributed by atoms with Crippen molar-refractivity contribution in [2.45, 2.75) is 19.4 Å². The molecule has 3 heterocycles. The highest BCUT2D eigenvalue weighted by Gasteiger charge is 2.17. The van der Waals surface area contributed by atoms with Gasteiger partial charge in [-0.1, -0.05) is 5.16 Å². The van der Waals surface area contributed by atoms with Gasteiger partial charge in [-0.15, -0.1) is 0 Å². The number of anilines is 3. The number of nitrogens with two attached hydrogens (primary N) is 1. The van der Waals surface area contributed by atoms with Gasteiger partial charge in [-0.05, 0) is 12.8 Å². The average Bonchev–Trinajstić information content (AvgIpc) is 3.17. The number of hydrazine groups is 1. The van der Waals surface area contributed by atoms with E-state index in [-0.39, 0.29) is 0 Å². The predicted molar refractivity (Wildman–Crippen MR) is 70.7 cm³/mol. The first-order valence-electron chi connectivity index (χ1n) is 6.32. The van der Waals surface area contributed by atoms with Crippen LogP contribution in [-0.4, -0.2) is 38.2 Å². The van der Waals surface area contributed by atoms with E-state index in [9.17, 15) is 0 Å². The van der Waals surface area contributed by atoms with E-state index in [0.717, 1.165) is 25.9 Å². The number of nitrogens with one attached hydrogen (secondary N) is 2. The van der Waals surface area contributed by atoms with Gasteiger partial charge in [-0.25, -0.2) is 5.84 Å². The quantitative estimate of drug-likeness (QED) is 0.496. The maximum absolute atomic E-state index is 5.39. The van der Waals surface area contributed by atoms with Gasteiger partial charge in [0.05, 0.1) is 6.54 Å². The fourth-order valence-corrected chi connectivity index (χ4v) is 2.00. The molecule has 3 rings (SSSR count). The lowest BCUT2D eigenvalue weighted by molar-refractivity contribution is 0.411. The molecule has 0 atom stereocenters. The van der Waals surface area contributed by atoms with Gasteiger partial charge in [0.1, 0.15) is 0 Å². The molecule has 10 heteroatoms. The summed E-state index contributed by atoms with van der Waals surface area (Å²) in [7, 11) is 0. The SMILES string of the molecule is NNc1nc(NCc2ncon2)nc(N2CCCC2)n1. The minimum atomic E-state index is 0.317. The van der Waals surface area contributed by atoms with E-state index >= 15 is 0 Å². The Labute approximate surface area is 114 Å². The third-order valence-electron chi connectivity index (χ3n) is 2.95. The summed E-state index contributed by atoms with van der Waals surface area (Å²) in [5.41, 5.74) is 2.45. The van der Waals surface area contributed by atoms with E-state index in [4.69, 9.17) is 5.84 Å². The topological polar surface area (TPSA) is 131 Å². The summed E-state index contributed by atoms with van der Waals surface area (Å²) in [5, 5.41) is 6.72. The number of hydrogen-bond acceptors (Lipinski definition) is 10. The van der Waals surface area contributed by atoms with Gasteiger partial charge in [0.15, 0.2) is 5.82 Å². The molecule has 0 amide bonds. The van der Waals surface area contributed by atoms with Crippen molar-refractivity contribution >= 4 is 17.8 Å². The van der Waals surface area contributed by atoms with Crippen molar-refractivity contribution in [3.05, 3.63) is 12.2 Å². The zero-order valence-corrected chi connectivity index (χ0v) is 10.8. The van der Waals surface area contributed by atoms with Crippen molar-refractivity contribution in [2.75, 3.05) is 28.7 Å². The molecule has 0 saturated carbocycles. The molecule has 0 aliphatic carbocycles. The molecule has 0 aromatic carbocycles. The number of rotatable bonds is 5. The van der Waals surface area contributed by atoms with Crippen molar-refractivity contribution in [3.63, 3.8) is 0 Å². The highest BCUT2D eigenvalue weighted by atomic mass is 16.5. The Bertz CT molecular complexity index is 552. The fraction of sp³-hybridized carbons (Fsp3) is 0.500. The predicted octanol–water partition coefficient (Wildman–Crippen LogP) is -0.248. The maximum Gasteiger partial charge on any atom is 0.243 e. The first-order chi connectivity index (χ1) is 9.85. The van der Waals surface area contributed by atoms with Crippen LogP contribution in [0.4, 0.5) is 17.8 Å². The normalized spacial score (nSPS) is 14.6. The largest absolute Gasteiger partial charge is 0.347 e. The first kappa shape index (κ1) is 12.5. The van der Waals surface area contributed by atoms with E-state index in [1.54, 1.807) is 0 Å². The van der Waals surface area contributed by atoms with Crippen LogP contribution in [0.25, 0.3) is 0 Å². The summed E-state index contributed by atoms with van der Waals surface area (Å²) >= 11 is 0. The van der Waals surface area contributed by atoms with Crippen molar-refractivity contribution in [2.24, 2.45) is 5.84 Å². The van der Waals surface area contributed by atoms with Crippen molar-refractivity contribution < 1.29 is 4.52 Å². The van der Waals surface area contributed by atoms with Crippen LogP contribution >= 0.6 is 0 Å². The summed E-state index contributed by atoms with van der Waals surface area (Å²) in [6, 6.07) is 0. The van der Waals surface area contributed by atoms with Gasteiger partial charge < -0.3 is 14.7 Å². The molecule has 1 saturated heterocycles. The van der Waals surface area contributed by atoms with Gasteiger partial charge in [0.2, 0.25) is 24.2 Å². The van der Waals surface area contributed by atoms with E-state index < -0.39 is 0 Å². The van der Waals surface area contributed by atoms with E-state index in [1.807, 2.05) is 0 Å². The number of nitrogen functional groups attached to an aromatic ring is 1. The van der Waals surface area contributed by atoms with Gasteiger partial charge in [-0.3, -0.25) is 5.43 Å². The summed E-state index contributed by atoms with van der Waals surface area (Å²) in [6.45, 7) is 2.25. The molecule has 0 radical (unpaired) electrons. The summed E-state index contributed by atoms with van der Waals surface area (Å²) in [5.74, 6) is 7.26. The molecular formula is C10H15N9O. The third kappa shape index (κ3) is 2.74. The molecule has 1 aliphatic rings. The van der Waals surface area contributed by atoms with Crippen LogP contribution in [-0.2, 0) is 6.54 Å². The number of aromatic nitrogens is 5. The number of nitrogens with zero attached hydrogens (tertiary/aromatic N) is 6. The van der Waals surface area contributed by atoms with Crippen LogP contribution in [0.2, 0.25) is 0 Å². The molecule has 2 aromatic heterocycles. The molecule has 2 aromatic rings. The minimum absolute atomic E-state index is 0.317. The van der Waals surface area contributed by atoms with Gasteiger partial charge in [-0.2, -0.15) is 19.9 Å². The van der Waals surface area contributed by atoms with Crippen LogP contribution in [0, 0.1) is 0 Å². The van der Waals surface area contributed by atoms with Crippen LogP contribution in [0.15, 0.2) is 10.9 Å². The first-order valence-corrected chi connectivity index (χ1v) is 6.32. The monoisotopic (exact) mass is 277 g/mol. The summed E-state index contributed by atoms with van der Waals surface area (Å²) in [6.07, 6.45) is 3.55. The lowest BCUT2D eigenvalue weighted by atomic mass is 10.4. The zero-order chi connectivity index (χ0) is 13.8. The highest BCUT2D eigenvalue weighted by molar-refractivity contribution is 5.43. The Kier molecular flexibility index (Phi) is 3.54. The molecule has 106 valence electrons. The van der Waals surface area contributed by atoms with Crippen molar-refractivity contribution in [3.8, 4) is 0 Å². The van der Waals surface area contributed by atoms with Gasteiger partial charge in [0, 0.05) is 13.1 Å². The zero-order valence-electron chi connectivity index (χ0n) is 10.8. The van der Waals surface area contributed by atoms with Crippen molar-refractivity contribution in [1.82, 2.24) is 25.1 Å². The lowest BCUT2D eigenvalue weighted by Crippen LogP contribution is -2.23. The van der Waals surface area contributed by atoms with Crippen LogP contribution < -0.4 is 21.5 Å². The molecule has 0 bridgehead atoms. The maximum atomic E-state index is 5.39. The minimum Gasteiger partial charge on any atom is -0.347 e. The van der Waals surface area contributed by atoms with Gasteiger partial charge >= 0.3 is 0 Å². The van der Waals surface area contributed by atoms with E-state index in [0.29, 0.717) is 30.2 Å². The van der Waals surface area contributed by atoms with Crippen molar-refractivity contribution in [1.29, 1.82) is 0 Å². The fourth-order valence-electron chi connectivity index (χ4n) is 2.00. The second-order valence-corrected chi connectivity index (χ2v) is 4.32. The van der Waals surface area contributed by atoms with Crippen LogP contribution in [0.3, 0.4) is 0 Å². The molecule has 4 N–H and O–H groups in total. The Morgan fingerprint density at radius 3 is 2.70 bits per heavy atom. The van der Waals surface area contributed by atoms with Crippen LogP contribution in [0.5, 0.6) is 0 Å². The molecule has 10 nitrogen and oxygen atoms in total. The second kappa shape index (κ2) is 5.65. The lowest BCUT2D eigenvalue weighted by Gasteiger charge is -2.16. The molecule has 20 heavy (non-hydrogen) atoms. The van der Waals surface area contributed by atoms with Crippen LogP contribution in [0.1, 0.15) is 18.7 Å². The molecule has 0 spiro atoms. The Balaban J connectivity index is 1.76. The number of hydrogen-bond donors (Lipinski definition) is 3. The second-order valence-electron chi connectivity index (χ2n) is 4.32. The smallest absolute Gasteiger partial charge is 0.243 e. The average molecular weight is 277 g/mol.